The van der Waals surface area contributed by atoms with Crippen LogP contribution < -0.4 is 5.73 Å². The van der Waals surface area contributed by atoms with E-state index in [0.29, 0.717) is 11.3 Å². The van der Waals surface area contributed by atoms with Gasteiger partial charge in [0.15, 0.2) is 11.3 Å². The van der Waals surface area contributed by atoms with Crippen molar-refractivity contribution in [2.24, 2.45) is 0 Å². The molecule has 0 unspecified atom stereocenters. The van der Waals surface area contributed by atoms with Crippen molar-refractivity contribution in [3.05, 3.63) is 35.4 Å². The van der Waals surface area contributed by atoms with E-state index < -0.39 is 0 Å². The lowest BCUT2D eigenvalue weighted by atomic mass is 10.1. The van der Waals surface area contributed by atoms with Crippen LogP contribution in [0, 0.1) is 22.7 Å². The number of rotatable bonds is 1. The lowest BCUT2D eigenvalue weighted by Gasteiger charge is -1.99. The van der Waals surface area contributed by atoms with Gasteiger partial charge in [-0.3, -0.25) is 0 Å². The van der Waals surface area contributed by atoms with E-state index in [0.717, 1.165) is 0 Å². The Balaban J connectivity index is 3.21. The van der Waals surface area contributed by atoms with Crippen LogP contribution in [-0.4, -0.2) is 5.11 Å². The van der Waals surface area contributed by atoms with Crippen molar-refractivity contribution >= 4 is 11.4 Å². The van der Waals surface area contributed by atoms with Gasteiger partial charge in [0.05, 0.1) is 0 Å². The summed E-state index contributed by atoms with van der Waals surface area (Å²) in [4.78, 5) is 0. The van der Waals surface area contributed by atoms with Gasteiger partial charge in [0.1, 0.15) is 12.1 Å². The molecule has 1 aromatic carbocycles. The summed E-state index contributed by atoms with van der Waals surface area (Å²) < 4.78 is 0. The Hall–Kier alpha value is -2.46. The maximum atomic E-state index is 9.46. The molecule has 4 heteroatoms. The Morgan fingerprint density at radius 3 is 2.07 bits per heavy atom. The maximum Gasteiger partial charge on any atom is 0.171 e. The molecule has 14 heavy (non-hydrogen) atoms. The second kappa shape index (κ2) is 3.97. The van der Waals surface area contributed by atoms with Gasteiger partial charge in [0.25, 0.3) is 0 Å². The molecule has 0 aliphatic carbocycles. The minimum atomic E-state index is -0.324. The first-order chi connectivity index (χ1) is 6.69. The van der Waals surface area contributed by atoms with Gasteiger partial charge in [0, 0.05) is 11.3 Å². The molecule has 0 heterocycles. The molecule has 3 N–H and O–H groups in total. The normalized spacial score (nSPS) is 8.43. The van der Waals surface area contributed by atoms with Gasteiger partial charge in [-0.05, 0) is 24.3 Å². The molecule has 0 fully saturated rings. The number of aliphatic hydroxyl groups excluding tert-OH is 1. The molecule has 0 saturated heterocycles. The topological polar surface area (TPSA) is 93.8 Å². The van der Waals surface area contributed by atoms with Gasteiger partial charge in [0.2, 0.25) is 0 Å². The molecule has 1 rings (SSSR count). The number of nitrogens with two attached hydrogens (primary N) is 1. The lowest BCUT2D eigenvalue weighted by molar-refractivity contribution is 0.510. The average Bonchev–Trinajstić information content (AvgIpc) is 2.20. The van der Waals surface area contributed by atoms with Crippen LogP contribution in [0.3, 0.4) is 0 Å². The number of nitrogens with zero attached hydrogens (tertiary/aromatic N) is 2. The van der Waals surface area contributed by atoms with Crippen LogP contribution >= 0.6 is 0 Å². The third-order valence-corrected chi connectivity index (χ3v) is 1.64. The third kappa shape index (κ3) is 1.82. The van der Waals surface area contributed by atoms with Crippen molar-refractivity contribution in [1.29, 1.82) is 10.5 Å². The monoisotopic (exact) mass is 185 g/mol. The van der Waals surface area contributed by atoms with Gasteiger partial charge < -0.3 is 10.8 Å². The number of benzene rings is 1. The number of nitriles is 2. The maximum absolute atomic E-state index is 9.46. The van der Waals surface area contributed by atoms with Crippen molar-refractivity contribution in [3.63, 3.8) is 0 Å². The average molecular weight is 185 g/mol. The first-order valence-electron chi connectivity index (χ1n) is 3.78. The fraction of sp³-hybridized carbons (Fsp3) is 0. The van der Waals surface area contributed by atoms with Crippen LogP contribution in [0.4, 0.5) is 5.69 Å². The molecule has 1 aromatic rings. The van der Waals surface area contributed by atoms with Crippen LogP contribution in [0.25, 0.3) is 5.76 Å². The number of anilines is 1. The lowest BCUT2D eigenvalue weighted by Crippen LogP contribution is -1.89. The van der Waals surface area contributed by atoms with E-state index in [1.807, 2.05) is 0 Å². The van der Waals surface area contributed by atoms with Crippen molar-refractivity contribution in [2.45, 2.75) is 0 Å². The molecule has 68 valence electrons. The zero-order chi connectivity index (χ0) is 10.6. The SMILES string of the molecule is N#CC(C#N)=C(O)c1ccc(N)cc1. The third-order valence-electron chi connectivity index (χ3n) is 1.64. The molecule has 0 aliphatic rings. The Labute approximate surface area is 81.1 Å². The Bertz CT molecular complexity index is 430. The van der Waals surface area contributed by atoms with Gasteiger partial charge in [-0.25, -0.2) is 0 Å². The van der Waals surface area contributed by atoms with Crippen molar-refractivity contribution in [3.8, 4) is 12.1 Å². The van der Waals surface area contributed by atoms with E-state index in [2.05, 4.69) is 0 Å². The Morgan fingerprint density at radius 2 is 1.64 bits per heavy atom. The van der Waals surface area contributed by atoms with E-state index in [4.69, 9.17) is 16.3 Å². The second-order valence-corrected chi connectivity index (χ2v) is 2.57. The number of nitrogen functional groups attached to an aromatic ring is 1. The number of hydrogen-bond donors (Lipinski definition) is 2. The summed E-state index contributed by atoms with van der Waals surface area (Å²) in [7, 11) is 0. The molecule has 0 aromatic heterocycles. The summed E-state index contributed by atoms with van der Waals surface area (Å²) in [5, 5.41) is 26.5. The van der Waals surface area contributed by atoms with Crippen molar-refractivity contribution < 1.29 is 5.11 Å². The summed E-state index contributed by atoms with van der Waals surface area (Å²) in [6, 6.07) is 9.45. The minimum absolute atomic E-state index is 0.310. The van der Waals surface area contributed by atoms with Gasteiger partial charge >= 0.3 is 0 Å². The molecule has 0 aliphatic heterocycles. The molecule has 0 amide bonds. The largest absolute Gasteiger partial charge is 0.505 e. The van der Waals surface area contributed by atoms with Crippen LogP contribution in [0.2, 0.25) is 0 Å². The Morgan fingerprint density at radius 1 is 1.14 bits per heavy atom. The summed E-state index contributed by atoms with van der Waals surface area (Å²) >= 11 is 0. The quantitative estimate of drug-likeness (QED) is 0.394. The molecule has 0 saturated carbocycles. The second-order valence-electron chi connectivity index (χ2n) is 2.57. The zero-order valence-electron chi connectivity index (χ0n) is 7.23. The highest BCUT2D eigenvalue weighted by Crippen LogP contribution is 2.16. The predicted molar refractivity (Wildman–Crippen MR) is 51.6 cm³/mol. The summed E-state index contributed by atoms with van der Waals surface area (Å²) in [6.07, 6.45) is 0. The van der Waals surface area contributed by atoms with Crippen molar-refractivity contribution in [2.75, 3.05) is 5.73 Å². The van der Waals surface area contributed by atoms with Crippen LogP contribution in [0.1, 0.15) is 5.56 Å². The molecule has 0 atom stereocenters. The highest BCUT2D eigenvalue weighted by atomic mass is 16.3. The van der Waals surface area contributed by atoms with Crippen LogP contribution in [-0.2, 0) is 0 Å². The predicted octanol–water partition coefficient (Wildman–Crippen LogP) is 1.59. The summed E-state index contributed by atoms with van der Waals surface area (Å²) in [5.41, 5.74) is 6.08. The fourth-order valence-electron chi connectivity index (χ4n) is 0.916. The smallest absolute Gasteiger partial charge is 0.171 e. The van der Waals surface area contributed by atoms with Gasteiger partial charge in [-0.15, -0.1) is 0 Å². The van der Waals surface area contributed by atoms with E-state index in [1.165, 1.54) is 0 Å². The molecule has 0 bridgehead atoms. The standard InChI is InChI=1S/C10H7N3O/c11-5-8(6-12)10(14)7-1-3-9(13)4-2-7/h1-4,14H,13H2. The van der Waals surface area contributed by atoms with E-state index >= 15 is 0 Å². The molecule has 0 spiro atoms. The molecule has 4 nitrogen and oxygen atoms in total. The first kappa shape index (κ1) is 9.63. The fourth-order valence-corrected chi connectivity index (χ4v) is 0.916. The Kier molecular flexibility index (Phi) is 2.73. The van der Waals surface area contributed by atoms with E-state index in [-0.39, 0.29) is 11.3 Å². The highest BCUT2D eigenvalue weighted by Gasteiger charge is 2.06. The van der Waals surface area contributed by atoms with E-state index in [9.17, 15) is 5.11 Å². The zero-order valence-corrected chi connectivity index (χ0v) is 7.23. The van der Waals surface area contributed by atoms with Gasteiger partial charge in [-0.2, -0.15) is 10.5 Å². The molecular formula is C10H7N3O. The highest BCUT2D eigenvalue weighted by molar-refractivity contribution is 5.70. The van der Waals surface area contributed by atoms with Crippen LogP contribution in [0.15, 0.2) is 29.8 Å². The molecular weight excluding hydrogens is 178 g/mol. The van der Waals surface area contributed by atoms with E-state index in [1.54, 1.807) is 36.4 Å². The number of allylic oxidation sites excluding steroid dienone is 1. The van der Waals surface area contributed by atoms with Crippen LogP contribution in [0.5, 0.6) is 0 Å². The summed E-state index contributed by atoms with van der Waals surface area (Å²) in [6.45, 7) is 0. The summed E-state index contributed by atoms with van der Waals surface area (Å²) in [5.74, 6) is -0.324. The minimum Gasteiger partial charge on any atom is -0.505 e. The number of hydrogen-bond acceptors (Lipinski definition) is 4. The number of aliphatic hydroxyl groups is 1. The first-order valence-corrected chi connectivity index (χ1v) is 3.78. The van der Waals surface area contributed by atoms with Crippen molar-refractivity contribution in [1.82, 2.24) is 0 Å². The molecule has 0 radical (unpaired) electrons. The van der Waals surface area contributed by atoms with Gasteiger partial charge in [-0.1, -0.05) is 0 Å².